The van der Waals surface area contributed by atoms with Gasteiger partial charge in [-0.05, 0) is 18.9 Å². The van der Waals surface area contributed by atoms with Crippen LogP contribution in [-0.2, 0) is 4.74 Å². The van der Waals surface area contributed by atoms with E-state index in [-0.39, 0.29) is 12.2 Å². The van der Waals surface area contributed by atoms with Crippen LogP contribution in [-0.4, -0.2) is 12.6 Å². The maximum Gasteiger partial charge on any atom is 0.0960 e. The maximum atomic E-state index is 5.67. The Balaban J connectivity index is 2.00. The molecule has 0 amide bonds. The van der Waals surface area contributed by atoms with Gasteiger partial charge in [0, 0.05) is 12.1 Å². The highest BCUT2D eigenvalue weighted by Crippen LogP contribution is 2.32. The molecule has 0 aliphatic carbocycles. The number of furan rings is 1. The molecule has 66 valence electrons. The second-order valence-corrected chi connectivity index (χ2v) is 3.12. The van der Waals surface area contributed by atoms with Crippen LogP contribution in [0.3, 0.4) is 0 Å². The summed E-state index contributed by atoms with van der Waals surface area (Å²) < 4.78 is 10.7. The first kappa shape index (κ1) is 7.83. The van der Waals surface area contributed by atoms with Crippen LogP contribution in [0.15, 0.2) is 23.0 Å². The lowest BCUT2D eigenvalue weighted by Crippen LogP contribution is -2.18. The zero-order valence-electron chi connectivity index (χ0n) is 6.90. The third-order valence-electron chi connectivity index (χ3n) is 2.29. The smallest absolute Gasteiger partial charge is 0.0960 e. The monoisotopic (exact) mass is 167 g/mol. The molecule has 0 spiro atoms. The third kappa shape index (κ3) is 1.38. The average Bonchev–Trinajstić information content (AvgIpc) is 2.75. The van der Waals surface area contributed by atoms with E-state index in [0.717, 1.165) is 18.4 Å². The first-order valence-corrected chi connectivity index (χ1v) is 4.28. The van der Waals surface area contributed by atoms with E-state index in [1.54, 1.807) is 12.5 Å². The molecule has 1 aliphatic rings. The SMILES string of the molecule is NCC1CCC(c2ccoc2)O1. The van der Waals surface area contributed by atoms with Crippen LogP contribution in [0.25, 0.3) is 0 Å². The van der Waals surface area contributed by atoms with Crippen LogP contribution in [0.4, 0.5) is 0 Å². The fourth-order valence-corrected chi connectivity index (χ4v) is 1.58. The fourth-order valence-electron chi connectivity index (χ4n) is 1.58. The summed E-state index contributed by atoms with van der Waals surface area (Å²) in [7, 11) is 0. The van der Waals surface area contributed by atoms with Gasteiger partial charge in [0.25, 0.3) is 0 Å². The maximum absolute atomic E-state index is 5.67. The quantitative estimate of drug-likeness (QED) is 0.725. The minimum absolute atomic E-state index is 0.206. The highest BCUT2D eigenvalue weighted by atomic mass is 16.5. The molecule has 0 radical (unpaired) electrons. The summed E-state index contributed by atoms with van der Waals surface area (Å²) in [6.07, 6.45) is 5.98. The van der Waals surface area contributed by atoms with Gasteiger partial charge in [0.15, 0.2) is 0 Å². The molecule has 2 atom stereocenters. The molecule has 0 aromatic carbocycles. The van der Waals surface area contributed by atoms with E-state index in [0.29, 0.717) is 6.54 Å². The number of hydrogen-bond acceptors (Lipinski definition) is 3. The Labute approximate surface area is 71.5 Å². The van der Waals surface area contributed by atoms with Crippen molar-refractivity contribution in [1.29, 1.82) is 0 Å². The Hall–Kier alpha value is -0.800. The first-order chi connectivity index (χ1) is 5.90. The standard InChI is InChI=1S/C9H13NO2/c10-5-8-1-2-9(12-8)7-3-4-11-6-7/h3-4,6,8-9H,1-2,5,10H2. The minimum atomic E-state index is 0.206. The number of nitrogens with two attached hydrogens (primary N) is 1. The Kier molecular flexibility index (Phi) is 2.15. The molecule has 0 saturated carbocycles. The Morgan fingerprint density at radius 3 is 3.00 bits per heavy atom. The summed E-state index contributed by atoms with van der Waals surface area (Å²) in [5.74, 6) is 0. The Morgan fingerprint density at radius 2 is 2.42 bits per heavy atom. The molecule has 2 rings (SSSR count). The molecule has 1 fully saturated rings. The van der Waals surface area contributed by atoms with Crippen molar-refractivity contribution in [3.8, 4) is 0 Å². The lowest BCUT2D eigenvalue weighted by atomic mass is 10.1. The molecular formula is C9H13NO2. The first-order valence-electron chi connectivity index (χ1n) is 4.28. The van der Waals surface area contributed by atoms with Gasteiger partial charge in [-0.25, -0.2) is 0 Å². The van der Waals surface area contributed by atoms with Gasteiger partial charge in [0.05, 0.1) is 24.7 Å². The molecule has 12 heavy (non-hydrogen) atoms. The molecule has 3 nitrogen and oxygen atoms in total. The van der Waals surface area contributed by atoms with Crippen molar-refractivity contribution in [3.05, 3.63) is 24.2 Å². The van der Waals surface area contributed by atoms with Gasteiger partial charge in [-0.1, -0.05) is 0 Å². The van der Waals surface area contributed by atoms with Gasteiger partial charge < -0.3 is 14.9 Å². The van der Waals surface area contributed by atoms with Gasteiger partial charge in [-0.3, -0.25) is 0 Å². The van der Waals surface area contributed by atoms with Crippen LogP contribution >= 0.6 is 0 Å². The van der Waals surface area contributed by atoms with E-state index in [1.165, 1.54) is 0 Å². The van der Waals surface area contributed by atoms with Crippen molar-refractivity contribution in [2.24, 2.45) is 5.73 Å². The number of ether oxygens (including phenoxy) is 1. The highest BCUT2D eigenvalue weighted by Gasteiger charge is 2.25. The van der Waals surface area contributed by atoms with Crippen LogP contribution in [0.2, 0.25) is 0 Å². The van der Waals surface area contributed by atoms with Gasteiger partial charge in [-0.2, -0.15) is 0 Å². The molecule has 1 aliphatic heterocycles. The van der Waals surface area contributed by atoms with E-state index in [4.69, 9.17) is 14.9 Å². The van der Waals surface area contributed by atoms with Crippen LogP contribution < -0.4 is 5.73 Å². The van der Waals surface area contributed by atoms with Crippen molar-refractivity contribution in [2.45, 2.75) is 25.0 Å². The van der Waals surface area contributed by atoms with Crippen LogP contribution in [0.1, 0.15) is 24.5 Å². The van der Waals surface area contributed by atoms with Crippen LogP contribution in [0.5, 0.6) is 0 Å². The average molecular weight is 167 g/mol. The van der Waals surface area contributed by atoms with E-state index in [1.807, 2.05) is 6.07 Å². The lowest BCUT2D eigenvalue weighted by molar-refractivity contribution is 0.0495. The van der Waals surface area contributed by atoms with Crippen LogP contribution in [0, 0.1) is 0 Å². The number of rotatable bonds is 2. The zero-order chi connectivity index (χ0) is 8.39. The highest BCUT2D eigenvalue weighted by molar-refractivity contribution is 5.10. The fraction of sp³-hybridized carbons (Fsp3) is 0.556. The topological polar surface area (TPSA) is 48.4 Å². The zero-order valence-corrected chi connectivity index (χ0v) is 6.90. The van der Waals surface area contributed by atoms with E-state index < -0.39 is 0 Å². The van der Waals surface area contributed by atoms with E-state index >= 15 is 0 Å². The molecule has 1 aromatic heterocycles. The molecule has 3 heteroatoms. The van der Waals surface area contributed by atoms with Crippen molar-refractivity contribution in [2.75, 3.05) is 6.54 Å². The molecule has 2 heterocycles. The summed E-state index contributed by atoms with van der Waals surface area (Å²) in [5.41, 5.74) is 6.63. The van der Waals surface area contributed by atoms with Crippen molar-refractivity contribution in [3.63, 3.8) is 0 Å². The largest absolute Gasteiger partial charge is 0.472 e. The molecule has 1 saturated heterocycles. The predicted molar refractivity (Wildman–Crippen MR) is 44.6 cm³/mol. The summed E-state index contributed by atoms with van der Waals surface area (Å²) in [6, 6.07) is 1.95. The summed E-state index contributed by atoms with van der Waals surface area (Å²) in [4.78, 5) is 0. The molecular weight excluding hydrogens is 154 g/mol. The normalized spacial score (nSPS) is 29.4. The second-order valence-electron chi connectivity index (χ2n) is 3.12. The lowest BCUT2D eigenvalue weighted by Gasteiger charge is -2.09. The van der Waals surface area contributed by atoms with E-state index in [2.05, 4.69) is 0 Å². The van der Waals surface area contributed by atoms with Crippen molar-refractivity contribution >= 4 is 0 Å². The molecule has 2 unspecified atom stereocenters. The van der Waals surface area contributed by atoms with Gasteiger partial charge in [0.2, 0.25) is 0 Å². The summed E-state index contributed by atoms with van der Waals surface area (Å²) in [6.45, 7) is 0.619. The minimum Gasteiger partial charge on any atom is -0.472 e. The van der Waals surface area contributed by atoms with Gasteiger partial charge in [0.1, 0.15) is 0 Å². The third-order valence-corrected chi connectivity index (χ3v) is 2.29. The predicted octanol–water partition coefficient (Wildman–Crippen LogP) is 1.46. The van der Waals surface area contributed by atoms with Gasteiger partial charge >= 0.3 is 0 Å². The number of hydrogen-bond donors (Lipinski definition) is 1. The second kappa shape index (κ2) is 3.29. The Bertz CT molecular complexity index is 233. The Morgan fingerprint density at radius 1 is 1.50 bits per heavy atom. The van der Waals surface area contributed by atoms with Crippen molar-refractivity contribution in [1.82, 2.24) is 0 Å². The molecule has 2 N–H and O–H groups in total. The molecule has 1 aromatic rings. The van der Waals surface area contributed by atoms with Gasteiger partial charge in [-0.15, -0.1) is 0 Å². The molecule has 0 bridgehead atoms. The summed E-state index contributed by atoms with van der Waals surface area (Å²) >= 11 is 0. The van der Waals surface area contributed by atoms with Crippen molar-refractivity contribution < 1.29 is 9.15 Å². The van der Waals surface area contributed by atoms with E-state index in [9.17, 15) is 0 Å². The summed E-state index contributed by atoms with van der Waals surface area (Å²) in [5, 5.41) is 0.